The van der Waals surface area contributed by atoms with Crippen LogP contribution in [-0.4, -0.2) is 30.2 Å². The number of halogens is 3. The molecule has 1 aliphatic heterocycles. The fourth-order valence-corrected chi connectivity index (χ4v) is 2.62. The van der Waals surface area contributed by atoms with Crippen LogP contribution < -0.4 is 10.1 Å². The number of nitrogens with zero attached hydrogens (tertiary/aromatic N) is 1. The molecular weight excluding hydrogens is 354 g/mol. The molecular formula is C17H15ClF2N2O3. The lowest BCUT2D eigenvalue weighted by atomic mass is 10.2. The second kappa shape index (κ2) is 7.76. The van der Waals surface area contributed by atoms with Crippen molar-refractivity contribution in [3.63, 3.8) is 0 Å². The molecule has 25 heavy (non-hydrogen) atoms. The summed E-state index contributed by atoms with van der Waals surface area (Å²) >= 11 is 5.95. The first-order valence-corrected chi connectivity index (χ1v) is 8.07. The Labute approximate surface area is 147 Å². The summed E-state index contributed by atoms with van der Waals surface area (Å²) in [6.07, 6.45) is 2.65. The van der Waals surface area contributed by atoms with Crippen LogP contribution in [0.4, 0.5) is 14.5 Å². The minimum absolute atomic E-state index is 0.00422. The predicted molar refractivity (Wildman–Crippen MR) is 88.0 cm³/mol. The molecule has 2 heterocycles. The number of nitrogens with one attached hydrogen (secondary N) is 1. The lowest BCUT2D eigenvalue weighted by molar-refractivity contribution is 0.0682. The lowest BCUT2D eigenvalue weighted by Crippen LogP contribution is -2.19. The fraction of sp³-hybridized carbons (Fsp3) is 0.294. The van der Waals surface area contributed by atoms with Crippen LogP contribution in [-0.2, 0) is 4.74 Å². The molecule has 0 spiro atoms. The van der Waals surface area contributed by atoms with E-state index in [1.807, 2.05) is 0 Å². The summed E-state index contributed by atoms with van der Waals surface area (Å²) in [5.41, 5.74) is -0.257. The van der Waals surface area contributed by atoms with Crippen molar-refractivity contribution >= 4 is 23.2 Å². The van der Waals surface area contributed by atoms with Crippen LogP contribution in [0.15, 0.2) is 30.5 Å². The van der Waals surface area contributed by atoms with Gasteiger partial charge in [-0.3, -0.25) is 4.79 Å². The van der Waals surface area contributed by atoms with Gasteiger partial charge in [0.2, 0.25) is 0 Å². The quantitative estimate of drug-likeness (QED) is 0.871. The van der Waals surface area contributed by atoms with Crippen LogP contribution in [0.3, 0.4) is 0 Å². The molecule has 2 aromatic rings. The van der Waals surface area contributed by atoms with Crippen molar-refractivity contribution in [2.75, 3.05) is 18.5 Å². The van der Waals surface area contributed by atoms with Crippen LogP contribution in [0.2, 0.25) is 5.02 Å². The number of amides is 1. The molecule has 0 radical (unpaired) electrons. The van der Waals surface area contributed by atoms with Gasteiger partial charge in [-0.25, -0.2) is 13.8 Å². The molecule has 3 rings (SSSR count). The van der Waals surface area contributed by atoms with Gasteiger partial charge in [0.15, 0.2) is 11.5 Å². The molecule has 1 N–H and O–H groups in total. The molecule has 5 nitrogen and oxygen atoms in total. The van der Waals surface area contributed by atoms with Gasteiger partial charge in [0.1, 0.15) is 18.2 Å². The molecule has 132 valence electrons. The third kappa shape index (κ3) is 4.43. The average Bonchev–Trinajstić information content (AvgIpc) is 3.07. The largest absolute Gasteiger partial charge is 0.489 e. The van der Waals surface area contributed by atoms with E-state index in [-0.39, 0.29) is 11.8 Å². The second-order valence-corrected chi connectivity index (χ2v) is 5.96. The maximum Gasteiger partial charge on any atom is 0.277 e. The molecule has 1 aliphatic rings. The highest BCUT2D eigenvalue weighted by Gasteiger charge is 2.19. The number of aromatic nitrogens is 1. The van der Waals surface area contributed by atoms with Crippen molar-refractivity contribution in [1.29, 1.82) is 0 Å². The smallest absolute Gasteiger partial charge is 0.277 e. The number of rotatable bonds is 5. The van der Waals surface area contributed by atoms with Crippen molar-refractivity contribution in [3.05, 3.63) is 52.8 Å². The first kappa shape index (κ1) is 17.6. The average molecular weight is 369 g/mol. The monoisotopic (exact) mass is 368 g/mol. The molecule has 1 atom stereocenters. The van der Waals surface area contributed by atoms with Gasteiger partial charge in [0.25, 0.3) is 5.91 Å². The standard InChI is InChI=1S/C17H15ClF2N2O3/c18-10-3-4-15(25-9-12-2-1-5-24-12)14(6-10)22-17(23)16-13(20)7-11(19)8-21-16/h3-4,6-8,12H,1-2,5,9H2,(H,22,23)/t12-/m1/s1. The number of ether oxygens (including phenoxy) is 2. The van der Waals surface area contributed by atoms with Crippen LogP contribution in [0.5, 0.6) is 5.75 Å². The van der Waals surface area contributed by atoms with Crippen molar-refractivity contribution in [2.45, 2.75) is 18.9 Å². The zero-order chi connectivity index (χ0) is 17.8. The number of carbonyl (C=O) groups excluding carboxylic acids is 1. The summed E-state index contributed by atoms with van der Waals surface area (Å²) in [5, 5.41) is 2.86. The Bertz CT molecular complexity index is 782. The Hall–Kier alpha value is -2.25. The van der Waals surface area contributed by atoms with E-state index >= 15 is 0 Å². The Morgan fingerprint density at radius 3 is 2.96 bits per heavy atom. The zero-order valence-corrected chi connectivity index (χ0v) is 13.9. The molecule has 1 amide bonds. The zero-order valence-electron chi connectivity index (χ0n) is 13.1. The third-order valence-electron chi connectivity index (χ3n) is 3.66. The summed E-state index contributed by atoms with van der Waals surface area (Å²) in [6, 6.07) is 5.28. The lowest BCUT2D eigenvalue weighted by Gasteiger charge is -2.15. The molecule has 1 fully saturated rings. The van der Waals surface area contributed by atoms with Gasteiger partial charge in [0.05, 0.1) is 18.0 Å². The predicted octanol–water partition coefficient (Wildman–Crippen LogP) is 3.82. The normalized spacial score (nSPS) is 16.7. The summed E-state index contributed by atoms with van der Waals surface area (Å²) in [7, 11) is 0. The maximum absolute atomic E-state index is 13.7. The minimum atomic E-state index is -1.05. The highest BCUT2D eigenvalue weighted by atomic mass is 35.5. The van der Waals surface area contributed by atoms with Crippen LogP contribution in [0.1, 0.15) is 23.3 Å². The van der Waals surface area contributed by atoms with Gasteiger partial charge in [-0.15, -0.1) is 0 Å². The molecule has 0 bridgehead atoms. The molecule has 8 heteroatoms. The Morgan fingerprint density at radius 1 is 1.40 bits per heavy atom. The van der Waals surface area contributed by atoms with Gasteiger partial charge in [-0.2, -0.15) is 0 Å². The van der Waals surface area contributed by atoms with E-state index in [1.165, 1.54) is 6.07 Å². The summed E-state index contributed by atoms with van der Waals surface area (Å²) < 4.78 is 37.8. The van der Waals surface area contributed by atoms with E-state index < -0.39 is 23.2 Å². The first-order valence-electron chi connectivity index (χ1n) is 7.69. The topological polar surface area (TPSA) is 60.5 Å². The Balaban J connectivity index is 1.75. The van der Waals surface area contributed by atoms with Gasteiger partial charge < -0.3 is 14.8 Å². The molecule has 1 aromatic carbocycles. The van der Waals surface area contributed by atoms with Crippen LogP contribution in [0.25, 0.3) is 0 Å². The van der Waals surface area contributed by atoms with Crippen molar-refractivity contribution in [1.82, 2.24) is 4.98 Å². The number of benzene rings is 1. The van der Waals surface area contributed by atoms with E-state index in [9.17, 15) is 13.6 Å². The number of hydrogen-bond acceptors (Lipinski definition) is 4. The number of pyridine rings is 1. The molecule has 1 saturated heterocycles. The van der Waals surface area contributed by atoms with E-state index in [0.717, 1.165) is 19.0 Å². The number of hydrogen-bond donors (Lipinski definition) is 1. The van der Waals surface area contributed by atoms with Gasteiger partial charge in [-0.05, 0) is 31.0 Å². The Morgan fingerprint density at radius 2 is 2.24 bits per heavy atom. The number of carbonyl (C=O) groups is 1. The summed E-state index contributed by atoms with van der Waals surface area (Å²) in [4.78, 5) is 15.7. The molecule has 1 aromatic heterocycles. The second-order valence-electron chi connectivity index (χ2n) is 5.52. The number of anilines is 1. The molecule has 0 aliphatic carbocycles. The first-order chi connectivity index (χ1) is 12.0. The highest BCUT2D eigenvalue weighted by molar-refractivity contribution is 6.31. The van der Waals surface area contributed by atoms with Crippen molar-refractivity contribution in [2.24, 2.45) is 0 Å². The minimum Gasteiger partial charge on any atom is -0.489 e. The van der Waals surface area contributed by atoms with Gasteiger partial charge in [-0.1, -0.05) is 11.6 Å². The maximum atomic E-state index is 13.7. The van der Waals surface area contributed by atoms with Crippen LogP contribution >= 0.6 is 11.6 Å². The molecule has 0 saturated carbocycles. The summed E-state index contributed by atoms with van der Waals surface area (Å²) in [6.45, 7) is 1.03. The van der Waals surface area contributed by atoms with Gasteiger partial charge >= 0.3 is 0 Å². The SMILES string of the molecule is O=C(Nc1cc(Cl)ccc1OC[C@H]1CCCO1)c1ncc(F)cc1F. The van der Waals surface area contributed by atoms with Crippen molar-refractivity contribution < 1.29 is 23.0 Å². The van der Waals surface area contributed by atoms with E-state index in [4.69, 9.17) is 21.1 Å². The fourth-order valence-electron chi connectivity index (χ4n) is 2.45. The van der Waals surface area contributed by atoms with E-state index in [0.29, 0.717) is 30.1 Å². The van der Waals surface area contributed by atoms with Crippen molar-refractivity contribution in [3.8, 4) is 5.75 Å². The third-order valence-corrected chi connectivity index (χ3v) is 3.90. The van der Waals surface area contributed by atoms with Crippen LogP contribution in [0, 0.1) is 11.6 Å². The Kier molecular flexibility index (Phi) is 5.45. The highest BCUT2D eigenvalue weighted by Crippen LogP contribution is 2.29. The summed E-state index contributed by atoms with van der Waals surface area (Å²) in [5.74, 6) is -2.38. The van der Waals surface area contributed by atoms with Gasteiger partial charge in [0, 0.05) is 17.7 Å². The molecule has 0 unspecified atom stereocenters. The van der Waals surface area contributed by atoms with E-state index in [1.54, 1.807) is 12.1 Å². The van der Waals surface area contributed by atoms with E-state index in [2.05, 4.69) is 10.3 Å².